The van der Waals surface area contributed by atoms with Crippen molar-refractivity contribution >= 4 is 27.3 Å². The van der Waals surface area contributed by atoms with E-state index < -0.39 is 10.0 Å². The molecule has 0 bridgehead atoms. The van der Waals surface area contributed by atoms with Crippen LogP contribution in [0.25, 0.3) is 0 Å². The number of rotatable bonds is 7. The molecule has 0 spiro atoms. The Morgan fingerprint density at radius 2 is 1.59 bits per heavy atom. The van der Waals surface area contributed by atoms with E-state index in [0.29, 0.717) is 23.4 Å². The Balaban J connectivity index is 1.45. The molecule has 0 aromatic heterocycles. The van der Waals surface area contributed by atoms with E-state index in [4.69, 9.17) is 0 Å². The first kappa shape index (κ1) is 23.8. The van der Waals surface area contributed by atoms with Gasteiger partial charge in [-0.05, 0) is 80.6 Å². The Labute approximate surface area is 202 Å². The largest absolute Gasteiger partial charge is 0.372 e. The fourth-order valence-electron chi connectivity index (χ4n) is 4.24. The molecule has 7 heteroatoms. The van der Waals surface area contributed by atoms with Gasteiger partial charge in [0.05, 0.1) is 10.6 Å². The number of hydrogen-bond acceptors (Lipinski definition) is 4. The highest BCUT2D eigenvalue weighted by Crippen LogP contribution is 2.24. The van der Waals surface area contributed by atoms with E-state index in [9.17, 15) is 13.2 Å². The SMILES string of the molecule is Cc1ccc(NS(=O)(=O)c2cc(C(=O)NCc3ccc(N4CCCC4)cc3)ccc2C)c(C)c1. The number of aryl methyl sites for hydroxylation is 3. The highest BCUT2D eigenvalue weighted by molar-refractivity contribution is 7.92. The van der Waals surface area contributed by atoms with Crippen LogP contribution in [0.1, 0.15) is 45.5 Å². The number of nitrogens with one attached hydrogen (secondary N) is 2. The van der Waals surface area contributed by atoms with Crippen molar-refractivity contribution < 1.29 is 13.2 Å². The van der Waals surface area contributed by atoms with Crippen molar-refractivity contribution in [3.63, 3.8) is 0 Å². The molecular weight excluding hydrogens is 446 g/mol. The number of sulfonamides is 1. The van der Waals surface area contributed by atoms with Crippen molar-refractivity contribution in [2.45, 2.75) is 45.1 Å². The van der Waals surface area contributed by atoms with E-state index in [1.165, 1.54) is 24.6 Å². The zero-order chi connectivity index (χ0) is 24.3. The number of amides is 1. The van der Waals surface area contributed by atoms with Gasteiger partial charge in [0.15, 0.2) is 0 Å². The summed E-state index contributed by atoms with van der Waals surface area (Å²) in [5, 5.41) is 2.90. The predicted octanol–water partition coefficient (Wildman–Crippen LogP) is 4.94. The molecule has 4 rings (SSSR count). The molecule has 0 aliphatic carbocycles. The summed E-state index contributed by atoms with van der Waals surface area (Å²) in [7, 11) is -3.85. The second-order valence-electron chi connectivity index (χ2n) is 8.95. The third-order valence-electron chi connectivity index (χ3n) is 6.23. The van der Waals surface area contributed by atoms with Gasteiger partial charge >= 0.3 is 0 Å². The first-order chi connectivity index (χ1) is 16.2. The zero-order valence-electron chi connectivity index (χ0n) is 19.9. The molecule has 1 aliphatic rings. The minimum absolute atomic E-state index is 0.0927. The van der Waals surface area contributed by atoms with E-state index in [0.717, 1.165) is 29.8 Å². The van der Waals surface area contributed by atoms with Crippen LogP contribution in [0.5, 0.6) is 0 Å². The molecule has 0 radical (unpaired) electrons. The maximum absolute atomic E-state index is 13.1. The van der Waals surface area contributed by atoms with Gasteiger partial charge in [-0.3, -0.25) is 9.52 Å². The molecule has 3 aromatic rings. The summed E-state index contributed by atoms with van der Waals surface area (Å²) < 4.78 is 28.9. The lowest BCUT2D eigenvalue weighted by Gasteiger charge is -2.17. The summed E-state index contributed by atoms with van der Waals surface area (Å²) in [5.74, 6) is -0.313. The van der Waals surface area contributed by atoms with Gasteiger partial charge in [-0.2, -0.15) is 0 Å². The molecule has 1 heterocycles. The van der Waals surface area contributed by atoms with E-state index >= 15 is 0 Å². The fraction of sp³-hybridized carbons (Fsp3) is 0.296. The van der Waals surface area contributed by atoms with Gasteiger partial charge in [0.25, 0.3) is 15.9 Å². The summed E-state index contributed by atoms with van der Waals surface area (Å²) in [6.07, 6.45) is 2.46. The number of hydrogen-bond donors (Lipinski definition) is 2. The van der Waals surface area contributed by atoms with Crippen LogP contribution in [-0.4, -0.2) is 27.4 Å². The molecule has 178 valence electrons. The maximum atomic E-state index is 13.1. The molecule has 1 saturated heterocycles. The van der Waals surface area contributed by atoms with Crippen LogP contribution in [0.3, 0.4) is 0 Å². The maximum Gasteiger partial charge on any atom is 0.262 e. The molecule has 6 nitrogen and oxygen atoms in total. The Bertz CT molecular complexity index is 1300. The first-order valence-corrected chi connectivity index (χ1v) is 13.0. The summed E-state index contributed by atoms with van der Waals surface area (Å²) in [6, 6.07) is 18.5. The van der Waals surface area contributed by atoms with Gasteiger partial charge in [-0.25, -0.2) is 8.42 Å². The Kier molecular flexibility index (Phi) is 6.93. The van der Waals surface area contributed by atoms with Gasteiger partial charge in [0, 0.05) is 30.9 Å². The van der Waals surface area contributed by atoms with Crippen LogP contribution in [0, 0.1) is 20.8 Å². The average molecular weight is 478 g/mol. The van der Waals surface area contributed by atoms with Crippen molar-refractivity contribution in [2.75, 3.05) is 22.7 Å². The Hall–Kier alpha value is -3.32. The van der Waals surface area contributed by atoms with Crippen LogP contribution >= 0.6 is 0 Å². The smallest absolute Gasteiger partial charge is 0.262 e. The van der Waals surface area contributed by atoms with Crippen molar-refractivity contribution in [3.05, 3.63) is 88.5 Å². The number of carbonyl (C=O) groups is 1. The molecule has 1 amide bonds. The second kappa shape index (κ2) is 9.89. The average Bonchev–Trinajstić information content (AvgIpc) is 3.35. The molecule has 3 aromatic carbocycles. The lowest BCUT2D eigenvalue weighted by Crippen LogP contribution is -2.24. The van der Waals surface area contributed by atoms with Gasteiger partial charge in [0.1, 0.15) is 0 Å². The zero-order valence-corrected chi connectivity index (χ0v) is 20.7. The molecule has 0 unspecified atom stereocenters. The molecule has 2 N–H and O–H groups in total. The summed E-state index contributed by atoms with van der Waals surface area (Å²) in [5.41, 5.74) is 5.50. The quantitative estimate of drug-likeness (QED) is 0.505. The van der Waals surface area contributed by atoms with Crippen LogP contribution in [0.2, 0.25) is 0 Å². The van der Waals surface area contributed by atoms with E-state index in [1.807, 2.05) is 38.1 Å². The van der Waals surface area contributed by atoms with E-state index in [1.54, 1.807) is 25.1 Å². The van der Waals surface area contributed by atoms with Crippen LogP contribution in [-0.2, 0) is 16.6 Å². The van der Waals surface area contributed by atoms with Crippen LogP contribution in [0.15, 0.2) is 65.6 Å². The van der Waals surface area contributed by atoms with Gasteiger partial charge in [-0.1, -0.05) is 35.9 Å². The van der Waals surface area contributed by atoms with Crippen molar-refractivity contribution in [1.29, 1.82) is 0 Å². The summed E-state index contributed by atoms with van der Waals surface area (Å²) in [6.45, 7) is 8.09. The number of benzene rings is 3. The third-order valence-corrected chi connectivity index (χ3v) is 7.73. The highest BCUT2D eigenvalue weighted by atomic mass is 32.2. The number of carbonyl (C=O) groups excluding carboxylic acids is 1. The standard InChI is InChI=1S/C27H31N3O3S/c1-19-6-13-25(21(3)16-19)29-34(32,33)26-17-23(10-7-20(26)2)27(31)28-18-22-8-11-24(12-9-22)30-14-4-5-15-30/h6-13,16-17,29H,4-5,14-15,18H2,1-3H3,(H,28,31). The van der Waals surface area contributed by atoms with Crippen molar-refractivity contribution in [3.8, 4) is 0 Å². The Morgan fingerprint density at radius 3 is 2.26 bits per heavy atom. The molecular formula is C27H31N3O3S. The lowest BCUT2D eigenvalue weighted by atomic mass is 10.1. The Morgan fingerprint density at radius 1 is 0.882 bits per heavy atom. The minimum Gasteiger partial charge on any atom is -0.372 e. The fourth-order valence-corrected chi connectivity index (χ4v) is 5.65. The van der Waals surface area contributed by atoms with Gasteiger partial charge in [-0.15, -0.1) is 0 Å². The predicted molar refractivity (Wildman–Crippen MR) is 137 cm³/mol. The van der Waals surface area contributed by atoms with Crippen LogP contribution < -0.4 is 14.9 Å². The number of nitrogens with zero attached hydrogens (tertiary/aromatic N) is 1. The molecule has 1 aliphatic heterocycles. The van der Waals surface area contributed by atoms with Crippen LogP contribution in [0.4, 0.5) is 11.4 Å². The molecule has 34 heavy (non-hydrogen) atoms. The van der Waals surface area contributed by atoms with Crippen molar-refractivity contribution in [1.82, 2.24) is 5.32 Å². The van der Waals surface area contributed by atoms with E-state index in [-0.39, 0.29) is 10.8 Å². The normalized spacial score (nSPS) is 13.7. The molecule has 0 saturated carbocycles. The van der Waals surface area contributed by atoms with E-state index in [2.05, 4.69) is 27.1 Å². The number of anilines is 2. The topological polar surface area (TPSA) is 78.5 Å². The minimum atomic E-state index is -3.85. The third kappa shape index (κ3) is 5.42. The molecule has 1 fully saturated rings. The summed E-state index contributed by atoms with van der Waals surface area (Å²) >= 11 is 0. The highest BCUT2D eigenvalue weighted by Gasteiger charge is 2.20. The monoisotopic (exact) mass is 477 g/mol. The van der Waals surface area contributed by atoms with Gasteiger partial charge < -0.3 is 10.2 Å². The second-order valence-corrected chi connectivity index (χ2v) is 10.6. The van der Waals surface area contributed by atoms with Crippen molar-refractivity contribution in [2.24, 2.45) is 0 Å². The lowest BCUT2D eigenvalue weighted by molar-refractivity contribution is 0.0950. The first-order valence-electron chi connectivity index (χ1n) is 11.6. The summed E-state index contributed by atoms with van der Waals surface area (Å²) in [4.78, 5) is 15.3. The molecule has 0 atom stereocenters. The van der Waals surface area contributed by atoms with Gasteiger partial charge in [0.2, 0.25) is 0 Å².